The molecule has 0 aliphatic heterocycles. The predicted molar refractivity (Wildman–Crippen MR) is 90.0 cm³/mol. The minimum atomic E-state index is 0.546. The molecule has 4 aliphatic carbocycles. The van der Waals surface area contributed by atoms with Crippen molar-refractivity contribution in [1.82, 2.24) is 0 Å². The molecule has 0 nitrogen and oxygen atoms in total. The van der Waals surface area contributed by atoms with E-state index in [1.807, 2.05) is 0 Å². The second-order valence-electron chi connectivity index (χ2n) is 10.3. The Labute approximate surface area is 132 Å². The molecule has 0 aromatic heterocycles. The molecule has 4 saturated carbocycles. The Morgan fingerprint density at radius 3 is 2.33 bits per heavy atom. The Hall–Kier alpha value is 0. The standard InChI is InChI=1S/C21H36/c1-6-20(4,5)12-17-13(2)7-8-16-18(9-14(17)3)21-11-15(21)10-19(16)21/h13-19H,6-12H2,1-5H3. The maximum absolute atomic E-state index is 2.61. The second-order valence-corrected chi connectivity index (χ2v) is 10.3. The number of hydrogen-bond donors (Lipinski definition) is 0. The third-order valence-corrected chi connectivity index (χ3v) is 8.94. The summed E-state index contributed by atoms with van der Waals surface area (Å²) >= 11 is 0. The molecule has 0 N–H and O–H groups in total. The van der Waals surface area contributed by atoms with Gasteiger partial charge in [0.15, 0.2) is 0 Å². The summed E-state index contributed by atoms with van der Waals surface area (Å²) in [5.74, 6) is 7.58. The van der Waals surface area contributed by atoms with Crippen LogP contribution in [-0.4, -0.2) is 0 Å². The summed E-state index contributed by atoms with van der Waals surface area (Å²) in [4.78, 5) is 0. The lowest BCUT2D eigenvalue weighted by Gasteiger charge is -2.63. The summed E-state index contributed by atoms with van der Waals surface area (Å²) in [6.45, 7) is 12.6. The van der Waals surface area contributed by atoms with Crippen molar-refractivity contribution in [3.05, 3.63) is 0 Å². The molecule has 0 amide bonds. The van der Waals surface area contributed by atoms with E-state index < -0.39 is 0 Å². The zero-order chi connectivity index (χ0) is 15.0. The normalized spacial score (nSPS) is 55.0. The summed E-state index contributed by atoms with van der Waals surface area (Å²) < 4.78 is 0. The van der Waals surface area contributed by atoms with Gasteiger partial charge >= 0.3 is 0 Å². The van der Waals surface area contributed by atoms with Crippen LogP contribution in [0.4, 0.5) is 0 Å². The molecule has 0 aromatic carbocycles. The van der Waals surface area contributed by atoms with Gasteiger partial charge in [-0.1, -0.05) is 47.5 Å². The van der Waals surface area contributed by atoms with Crippen molar-refractivity contribution in [2.45, 2.75) is 79.6 Å². The van der Waals surface area contributed by atoms with E-state index in [1.54, 1.807) is 25.7 Å². The first-order valence-corrected chi connectivity index (χ1v) is 9.89. The molecule has 120 valence electrons. The molecular formula is C21H36. The summed E-state index contributed by atoms with van der Waals surface area (Å²) in [6.07, 6.45) is 10.7. The van der Waals surface area contributed by atoms with E-state index in [0.29, 0.717) is 5.41 Å². The van der Waals surface area contributed by atoms with Crippen LogP contribution in [0.5, 0.6) is 0 Å². The predicted octanol–water partition coefficient (Wildman–Crippen LogP) is 6.16. The van der Waals surface area contributed by atoms with E-state index >= 15 is 0 Å². The van der Waals surface area contributed by atoms with Crippen molar-refractivity contribution < 1.29 is 0 Å². The van der Waals surface area contributed by atoms with Gasteiger partial charge in [0, 0.05) is 0 Å². The highest BCUT2D eigenvalue weighted by Crippen LogP contribution is 2.86. The molecule has 21 heavy (non-hydrogen) atoms. The van der Waals surface area contributed by atoms with E-state index in [4.69, 9.17) is 0 Å². The fraction of sp³-hybridized carbons (Fsp3) is 1.00. The molecular weight excluding hydrogens is 252 g/mol. The van der Waals surface area contributed by atoms with Gasteiger partial charge < -0.3 is 0 Å². The van der Waals surface area contributed by atoms with Gasteiger partial charge in [-0.2, -0.15) is 0 Å². The van der Waals surface area contributed by atoms with Crippen LogP contribution < -0.4 is 0 Å². The Bertz CT molecular complexity index is 422. The second kappa shape index (κ2) is 4.51. The van der Waals surface area contributed by atoms with Crippen molar-refractivity contribution in [2.75, 3.05) is 0 Å². The van der Waals surface area contributed by atoms with E-state index in [-0.39, 0.29) is 0 Å². The van der Waals surface area contributed by atoms with Crippen LogP contribution in [0.1, 0.15) is 79.6 Å². The van der Waals surface area contributed by atoms with Crippen LogP contribution >= 0.6 is 0 Å². The number of hydrogen-bond acceptors (Lipinski definition) is 0. The highest BCUT2D eigenvalue weighted by molar-refractivity contribution is 5.28. The summed E-state index contributed by atoms with van der Waals surface area (Å²) in [7, 11) is 0. The lowest BCUT2D eigenvalue weighted by molar-refractivity contribution is -0.146. The molecule has 0 saturated heterocycles. The minimum Gasteiger partial charge on any atom is -0.0649 e. The molecule has 0 bridgehead atoms. The zero-order valence-corrected chi connectivity index (χ0v) is 15.0. The topological polar surface area (TPSA) is 0 Å². The van der Waals surface area contributed by atoms with Gasteiger partial charge in [0.1, 0.15) is 0 Å². The zero-order valence-electron chi connectivity index (χ0n) is 15.0. The molecule has 4 fully saturated rings. The first-order chi connectivity index (χ1) is 9.89. The molecule has 1 spiro atoms. The summed E-state index contributed by atoms with van der Waals surface area (Å²) in [5.41, 5.74) is 1.48. The number of rotatable bonds is 3. The van der Waals surface area contributed by atoms with Crippen molar-refractivity contribution in [1.29, 1.82) is 0 Å². The summed E-state index contributed by atoms with van der Waals surface area (Å²) in [6, 6.07) is 0. The lowest BCUT2D eigenvalue weighted by Crippen LogP contribution is -2.57. The largest absolute Gasteiger partial charge is 0.0649 e. The van der Waals surface area contributed by atoms with Gasteiger partial charge in [0.25, 0.3) is 0 Å². The first kappa shape index (κ1) is 14.6. The third-order valence-electron chi connectivity index (χ3n) is 8.94. The van der Waals surface area contributed by atoms with Crippen LogP contribution in [0.3, 0.4) is 0 Å². The Balaban J connectivity index is 1.48. The highest BCUT2D eigenvalue weighted by atomic mass is 14.8. The molecule has 8 atom stereocenters. The van der Waals surface area contributed by atoms with Crippen molar-refractivity contribution >= 4 is 0 Å². The molecule has 4 rings (SSSR count). The third kappa shape index (κ3) is 1.93. The van der Waals surface area contributed by atoms with Crippen molar-refractivity contribution in [3.8, 4) is 0 Å². The molecule has 0 heteroatoms. The van der Waals surface area contributed by atoms with Gasteiger partial charge in [-0.05, 0) is 84.4 Å². The van der Waals surface area contributed by atoms with Crippen LogP contribution in [0.2, 0.25) is 0 Å². The highest BCUT2D eigenvalue weighted by Gasteiger charge is 2.80. The summed E-state index contributed by atoms with van der Waals surface area (Å²) in [5, 5.41) is 0. The van der Waals surface area contributed by atoms with Crippen molar-refractivity contribution in [3.63, 3.8) is 0 Å². The molecule has 4 aliphatic rings. The van der Waals surface area contributed by atoms with E-state index in [2.05, 4.69) is 34.6 Å². The van der Waals surface area contributed by atoms with Crippen LogP contribution in [-0.2, 0) is 0 Å². The average Bonchev–Trinajstić information content (AvgIpc) is 3.09. The minimum absolute atomic E-state index is 0.546. The Morgan fingerprint density at radius 1 is 1.00 bits per heavy atom. The van der Waals surface area contributed by atoms with Gasteiger partial charge in [0.2, 0.25) is 0 Å². The molecule has 0 aromatic rings. The quantitative estimate of drug-likeness (QED) is 0.583. The molecule has 0 heterocycles. The fourth-order valence-electron chi connectivity index (χ4n) is 7.14. The van der Waals surface area contributed by atoms with Gasteiger partial charge in [0.05, 0.1) is 0 Å². The Morgan fingerprint density at radius 2 is 1.71 bits per heavy atom. The van der Waals surface area contributed by atoms with Crippen molar-refractivity contribution in [2.24, 2.45) is 52.3 Å². The maximum atomic E-state index is 2.61. The van der Waals surface area contributed by atoms with Gasteiger partial charge in [-0.15, -0.1) is 0 Å². The fourth-order valence-corrected chi connectivity index (χ4v) is 7.14. The molecule has 0 radical (unpaired) electrons. The molecule has 8 unspecified atom stereocenters. The van der Waals surface area contributed by atoms with Crippen LogP contribution in [0, 0.1) is 52.3 Å². The van der Waals surface area contributed by atoms with Crippen LogP contribution in [0.25, 0.3) is 0 Å². The van der Waals surface area contributed by atoms with E-state index in [9.17, 15) is 0 Å². The lowest BCUT2D eigenvalue weighted by atomic mass is 9.42. The average molecular weight is 289 g/mol. The van der Waals surface area contributed by atoms with Gasteiger partial charge in [-0.3, -0.25) is 0 Å². The Kier molecular flexibility index (Phi) is 3.13. The van der Waals surface area contributed by atoms with Crippen LogP contribution in [0.15, 0.2) is 0 Å². The smallest absolute Gasteiger partial charge is 0.0204 e. The SMILES string of the molecule is CCC(C)(C)CC1C(C)CCC2C(CC1C)C13CC1CC23. The van der Waals surface area contributed by atoms with Gasteiger partial charge in [-0.25, -0.2) is 0 Å². The van der Waals surface area contributed by atoms with E-state index in [1.165, 1.54) is 31.1 Å². The maximum Gasteiger partial charge on any atom is -0.0204 e. The van der Waals surface area contributed by atoms with E-state index in [0.717, 1.165) is 35.0 Å². The number of fused-ring (bicyclic) bond motifs is 2. The monoisotopic (exact) mass is 288 g/mol. The first-order valence-electron chi connectivity index (χ1n) is 9.89.